The average molecular weight is 439 g/mol. The van der Waals surface area contributed by atoms with Crippen LogP contribution in [0.5, 0.6) is 0 Å². The minimum atomic E-state index is -0.881. The van der Waals surface area contributed by atoms with Gasteiger partial charge in [-0.2, -0.15) is 0 Å². The van der Waals surface area contributed by atoms with Crippen LogP contribution in [0.2, 0.25) is 14.4 Å². The number of aliphatic hydroxyl groups is 1. The number of benzene rings is 1. The van der Waals surface area contributed by atoms with Crippen molar-refractivity contribution in [2.75, 3.05) is 6.61 Å². The predicted octanol–water partition coefficient (Wildman–Crippen LogP) is 6.36. The smallest absolute Gasteiger partial charge is 0.130 e. The van der Waals surface area contributed by atoms with Gasteiger partial charge in [-0.25, -0.2) is 0 Å². The Labute approximate surface area is 175 Å². The van der Waals surface area contributed by atoms with Crippen molar-refractivity contribution in [3.63, 3.8) is 0 Å². The van der Waals surface area contributed by atoms with E-state index in [4.69, 9.17) is 39.5 Å². The third-order valence-corrected chi connectivity index (χ3v) is 6.33. The van der Waals surface area contributed by atoms with E-state index >= 15 is 0 Å². The fourth-order valence-electron chi connectivity index (χ4n) is 3.19. The molecule has 7 heteroatoms. The zero-order chi connectivity index (χ0) is 19.0. The van der Waals surface area contributed by atoms with E-state index < -0.39 is 6.10 Å². The van der Waals surface area contributed by atoms with E-state index in [9.17, 15) is 5.11 Å². The van der Waals surface area contributed by atoms with Gasteiger partial charge in [-0.1, -0.05) is 40.9 Å². The van der Waals surface area contributed by atoms with Crippen LogP contribution in [-0.2, 0) is 4.74 Å². The second kappa shape index (κ2) is 7.82. The summed E-state index contributed by atoms with van der Waals surface area (Å²) in [6.07, 6.45) is 2.44. The van der Waals surface area contributed by atoms with Gasteiger partial charge in [0.25, 0.3) is 0 Å². The molecule has 0 saturated heterocycles. The number of halogens is 3. The fourth-order valence-corrected chi connectivity index (χ4v) is 4.85. The highest BCUT2D eigenvalue weighted by Gasteiger charge is 2.36. The molecule has 3 nitrogen and oxygen atoms in total. The number of hydrogen-bond acceptors (Lipinski definition) is 4. The lowest BCUT2D eigenvalue weighted by Crippen LogP contribution is -2.09. The Kier molecular flexibility index (Phi) is 5.44. The van der Waals surface area contributed by atoms with Crippen molar-refractivity contribution in [3.05, 3.63) is 90.8 Å². The average Bonchev–Trinajstić information content (AvgIpc) is 3.28. The van der Waals surface area contributed by atoms with E-state index in [1.54, 1.807) is 36.7 Å². The van der Waals surface area contributed by atoms with E-state index in [0.29, 0.717) is 37.9 Å². The Bertz CT molecular complexity index is 1000. The minimum Gasteiger partial charge on any atom is -0.492 e. The zero-order valence-electron chi connectivity index (χ0n) is 13.9. The summed E-state index contributed by atoms with van der Waals surface area (Å²) in [4.78, 5) is 5.15. The molecular formula is C20H14Cl3NO2S. The summed E-state index contributed by atoms with van der Waals surface area (Å²) in [7, 11) is 0. The summed E-state index contributed by atoms with van der Waals surface area (Å²) in [5.74, 6) is 0.446. The number of pyridine rings is 1. The van der Waals surface area contributed by atoms with E-state index in [-0.39, 0.29) is 5.92 Å². The molecule has 3 aromatic rings. The predicted molar refractivity (Wildman–Crippen MR) is 111 cm³/mol. The van der Waals surface area contributed by atoms with Crippen molar-refractivity contribution in [2.45, 2.75) is 12.0 Å². The van der Waals surface area contributed by atoms with Crippen LogP contribution in [0.25, 0.3) is 5.76 Å². The van der Waals surface area contributed by atoms with Gasteiger partial charge < -0.3 is 9.84 Å². The van der Waals surface area contributed by atoms with E-state index in [2.05, 4.69) is 4.98 Å². The monoisotopic (exact) mass is 437 g/mol. The number of hydrogen-bond donors (Lipinski definition) is 1. The van der Waals surface area contributed by atoms with Crippen LogP contribution >= 0.6 is 46.1 Å². The molecule has 0 bridgehead atoms. The van der Waals surface area contributed by atoms with Crippen LogP contribution in [0, 0.1) is 0 Å². The Morgan fingerprint density at radius 3 is 2.67 bits per heavy atom. The van der Waals surface area contributed by atoms with Crippen LogP contribution < -0.4 is 0 Å². The van der Waals surface area contributed by atoms with E-state index in [1.165, 1.54) is 11.3 Å². The van der Waals surface area contributed by atoms with Gasteiger partial charge in [0.05, 0.1) is 21.9 Å². The molecule has 138 valence electrons. The largest absolute Gasteiger partial charge is 0.492 e. The summed E-state index contributed by atoms with van der Waals surface area (Å²) in [6.45, 7) is 0.401. The standard InChI is InChI=1S/C20H14Cl3NO2S/c21-12-3-4-13(15(22)8-12)20-18(19(25)11-2-1-7-24-9-11)14(10-26-20)16-5-6-17(23)27-16/h1-9,14,19,25H,10H2. The topological polar surface area (TPSA) is 42.4 Å². The van der Waals surface area contributed by atoms with Crippen molar-refractivity contribution in [1.82, 2.24) is 4.98 Å². The molecule has 1 aromatic carbocycles. The first-order valence-electron chi connectivity index (χ1n) is 8.20. The van der Waals surface area contributed by atoms with E-state index in [0.717, 1.165) is 10.5 Å². The Hall–Kier alpha value is -1.56. The minimum absolute atomic E-state index is 0.126. The number of rotatable bonds is 4. The number of aliphatic hydroxyl groups excluding tert-OH is 1. The number of nitrogens with zero attached hydrogens (tertiary/aromatic N) is 1. The Morgan fingerprint density at radius 2 is 2.00 bits per heavy atom. The number of ether oxygens (including phenoxy) is 1. The quantitative estimate of drug-likeness (QED) is 0.515. The molecule has 1 N–H and O–H groups in total. The van der Waals surface area contributed by atoms with Crippen molar-refractivity contribution in [1.29, 1.82) is 0 Å². The van der Waals surface area contributed by atoms with Crippen LogP contribution in [0.1, 0.15) is 28.0 Å². The van der Waals surface area contributed by atoms with Gasteiger partial charge in [0.15, 0.2) is 0 Å². The summed E-state index contributed by atoms with van der Waals surface area (Å²) in [6, 6.07) is 12.7. The molecule has 4 rings (SSSR count). The molecule has 3 heterocycles. The molecule has 27 heavy (non-hydrogen) atoms. The molecule has 2 unspecified atom stereocenters. The summed E-state index contributed by atoms with van der Waals surface area (Å²) in [5.41, 5.74) is 2.13. The molecule has 2 atom stereocenters. The third kappa shape index (κ3) is 3.73. The highest BCUT2D eigenvalue weighted by molar-refractivity contribution is 7.16. The second-order valence-corrected chi connectivity index (χ2v) is 8.69. The second-order valence-electron chi connectivity index (χ2n) is 6.10. The Balaban J connectivity index is 1.87. The van der Waals surface area contributed by atoms with Crippen LogP contribution in [0.15, 0.2) is 60.4 Å². The van der Waals surface area contributed by atoms with Gasteiger partial charge >= 0.3 is 0 Å². The number of aromatic nitrogens is 1. The summed E-state index contributed by atoms with van der Waals surface area (Å²) >= 11 is 20.1. The molecule has 1 aliphatic rings. The molecule has 0 amide bonds. The fraction of sp³-hybridized carbons (Fsp3) is 0.150. The van der Waals surface area contributed by atoms with Gasteiger partial charge in [-0.15, -0.1) is 11.3 Å². The lowest BCUT2D eigenvalue weighted by atomic mass is 9.89. The summed E-state index contributed by atoms with van der Waals surface area (Å²) in [5, 5.41) is 12.2. The lowest BCUT2D eigenvalue weighted by molar-refractivity contribution is 0.209. The molecule has 0 radical (unpaired) electrons. The normalized spacial score (nSPS) is 17.9. The Morgan fingerprint density at radius 1 is 1.15 bits per heavy atom. The first-order chi connectivity index (χ1) is 13.0. The molecular weight excluding hydrogens is 425 g/mol. The van der Waals surface area contributed by atoms with Gasteiger partial charge in [-0.3, -0.25) is 4.98 Å². The van der Waals surface area contributed by atoms with Crippen LogP contribution in [-0.4, -0.2) is 16.7 Å². The first-order valence-corrected chi connectivity index (χ1v) is 10.1. The highest BCUT2D eigenvalue weighted by atomic mass is 35.5. The molecule has 0 aliphatic carbocycles. The molecule has 1 aliphatic heterocycles. The maximum atomic E-state index is 11.2. The molecule has 0 saturated carbocycles. The van der Waals surface area contributed by atoms with Crippen molar-refractivity contribution < 1.29 is 9.84 Å². The maximum absolute atomic E-state index is 11.2. The van der Waals surface area contributed by atoms with Crippen molar-refractivity contribution in [2.24, 2.45) is 0 Å². The van der Waals surface area contributed by atoms with Gasteiger partial charge in [0, 0.05) is 39.0 Å². The van der Waals surface area contributed by atoms with Crippen LogP contribution in [0.4, 0.5) is 0 Å². The van der Waals surface area contributed by atoms with Crippen molar-refractivity contribution >= 4 is 51.9 Å². The van der Waals surface area contributed by atoms with Gasteiger partial charge in [-0.05, 0) is 36.4 Å². The first kappa shape index (κ1) is 18.8. The molecule has 2 aromatic heterocycles. The SMILES string of the molecule is OC(C1=C(c2ccc(Cl)cc2Cl)OCC1c1ccc(Cl)s1)c1cccnc1. The van der Waals surface area contributed by atoms with Crippen LogP contribution in [0.3, 0.4) is 0 Å². The molecule has 0 spiro atoms. The lowest BCUT2D eigenvalue weighted by Gasteiger charge is -2.18. The van der Waals surface area contributed by atoms with E-state index in [1.807, 2.05) is 18.2 Å². The summed E-state index contributed by atoms with van der Waals surface area (Å²) < 4.78 is 6.72. The van der Waals surface area contributed by atoms with Gasteiger partial charge in [0.1, 0.15) is 11.9 Å². The van der Waals surface area contributed by atoms with Gasteiger partial charge in [0.2, 0.25) is 0 Å². The third-order valence-electron chi connectivity index (χ3n) is 4.44. The zero-order valence-corrected chi connectivity index (χ0v) is 17.0. The molecule has 0 fully saturated rings. The van der Waals surface area contributed by atoms with Crippen molar-refractivity contribution in [3.8, 4) is 0 Å². The highest BCUT2D eigenvalue weighted by Crippen LogP contribution is 2.48. The maximum Gasteiger partial charge on any atom is 0.130 e. The number of thiophene rings is 1.